The Hall–Kier alpha value is -2.26. The van der Waals surface area contributed by atoms with Crippen LogP contribution in [0.25, 0.3) is 0 Å². The van der Waals surface area contributed by atoms with E-state index in [0.717, 1.165) is 24.3 Å². The molecule has 0 spiro atoms. The Labute approximate surface area is 169 Å². The van der Waals surface area contributed by atoms with Crippen molar-refractivity contribution in [2.75, 3.05) is 26.2 Å². The number of alkyl halides is 6. The first kappa shape index (κ1) is 22.4. The second-order valence-electron chi connectivity index (χ2n) is 7.79. The lowest BCUT2D eigenvalue weighted by molar-refractivity contribution is -0.187. The Bertz CT molecular complexity index is 767. The third-order valence-corrected chi connectivity index (χ3v) is 5.82. The summed E-state index contributed by atoms with van der Waals surface area (Å²) in [5.74, 6) is -2.87. The van der Waals surface area contributed by atoms with Gasteiger partial charge in [0.1, 0.15) is 0 Å². The third kappa shape index (κ3) is 5.07. The molecule has 0 bridgehead atoms. The van der Waals surface area contributed by atoms with E-state index in [-0.39, 0.29) is 50.5 Å². The van der Waals surface area contributed by atoms with Gasteiger partial charge >= 0.3 is 12.4 Å². The maximum absolute atomic E-state index is 13.0. The average molecular weight is 436 g/mol. The Morgan fingerprint density at radius 1 is 0.833 bits per heavy atom. The second-order valence-corrected chi connectivity index (χ2v) is 7.79. The van der Waals surface area contributed by atoms with E-state index < -0.39 is 35.7 Å². The largest absolute Gasteiger partial charge is 0.416 e. The zero-order valence-corrected chi connectivity index (χ0v) is 16.1. The van der Waals surface area contributed by atoms with Gasteiger partial charge in [0.2, 0.25) is 5.91 Å². The fraction of sp³-hybridized carbons (Fsp3) is 0.600. The summed E-state index contributed by atoms with van der Waals surface area (Å²) in [6.45, 7) is 0.749. The van der Waals surface area contributed by atoms with Crippen LogP contribution in [0, 0.1) is 11.8 Å². The fourth-order valence-electron chi connectivity index (χ4n) is 4.08. The minimum absolute atomic E-state index is 0.0443. The molecule has 10 heteroatoms. The van der Waals surface area contributed by atoms with Crippen LogP contribution in [0.2, 0.25) is 0 Å². The van der Waals surface area contributed by atoms with E-state index in [0.29, 0.717) is 12.8 Å². The van der Waals surface area contributed by atoms with Gasteiger partial charge in [-0.25, -0.2) is 0 Å². The summed E-state index contributed by atoms with van der Waals surface area (Å²) in [4.78, 5) is 28.1. The predicted molar refractivity (Wildman–Crippen MR) is 95.4 cm³/mol. The minimum Gasteiger partial charge on any atom is -0.339 e. The monoisotopic (exact) mass is 436 g/mol. The first-order valence-electron chi connectivity index (χ1n) is 9.79. The zero-order valence-electron chi connectivity index (χ0n) is 16.1. The number of halogens is 6. The second kappa shape index (κ2) is 8.47. The molecule has 2 atom stereocenters. The summed E-state index contributed by atoms with van der Waals surface area (Å²) in [6, 6.07) is 3.91. The number of hydrogen-bond donors (Lipinski definition) is 0. The number of carbonyl (C=O) groups excluding carboxylic acids is 2. The molecule has 1 heterocycles. The molecule has 1 aromatic rings. The summed E-state index contributed by atoms with van der Waals surface area (Å²) in [6.07, 6.45) is -8.16. The lowest BCUT2D eigenvalue weighted by Crippen LogP contribution is -2.52. The van der Waals surface area contributed by atoms with Crippen LogP contribution >= 0.6 is 0 Å². The van der Waals surface area contributed by atoms with Gasteiger partial charge < -0.3 is 9.80 Å². The molecule has 2 fully saturated rings. The van der Waals surface area contributed by atoms with E-state index in [2.05, 4.69) is 0 Å². The Kier molecular flexibility index (Phi) is 6.33. The van der Waals surface area contributed by atoms with E-state index in [1.54, 1.807) is 0 Å². The molecule has 0 N–H and O–H groups in total. The van der Waals surface area contributed by atoms with Crippen LogP contribution in [0.15, 0.2) is 24.3 Å². The van der Waals surface area contributed by atoms with E-state index in [4.69, 9.17) is 0 Å². The Morgan fingerprint density at radius 2 is 1.40 bits per heavy atom. The van der Waals surface area contributed by atoms with Crippen molar-refractivity contribution < 1.29 is 35.9 Å². The molecule has 4 nitrogen and oxygen atoms in total. The molecule has 1 aliphatic heterocycles. The quantitative estimate of drug-likeness (QED) is 0.647. The first-order valence-corrected chi connectivity index (χ1v) is 9.79. The minimum atomic E-state index is -4.49. The molecular formula is C20H22F6N2O2. The van der Waals surface area contributed by atoms with Crippen LogP contribution in [-0.4, -0.2) is 54.0 Å². The highest BCUT2D eigenvalue weighted by molar-refractivity contribution is 5.94. The molecule has 166 valence electrons. The topological polar surface area (TPSA) is 40.6 Å². The summed E-state index contributed by atoms with van der Waals surface area (Å²) in [7, 11) is 0. The van der Waals surface area contributed by atoms with Gasteiger partial charge in [-0.2, -0.15) is 26.3 Å². The van der Waals surface area contributed by atoms with Gasteiger partial charge in [0, 0.05) is 37.7 Å². The van der Waals surface area contributed by atoms with Crippen molar-refractivity contribution in [3.05, 3.63) is 35.4 Å². The maximum Gasteiger partial charge on any atom is 0.416 e. The predicted octanol–water partition coefficient (Wildman–Crippen LogP) is 4.36. The van der Waals surface area contributed by atoms with Gasteiger partial charge in [0.25, 0.3) is 5.91 Å². The number of hydrogen-bond acceptors (Lipinski definition) is 2. The van der Waals surface area contributed by atoms with Gasteiger partial charge in [-0.3, -0.25) is 9.59 Å². The molecule has 1 saturated carbocycles. The van der Waals surface area contributed by atoms with Crippen molar-refractivity contribution in [1.29, 1.82) is 0 Å². The van der Waals surface area contributed by atoms with Crippen molar-refractivity contribution in [1.82, 2.24) is 9.80 Å². The third-order valence-electron chi connectivity index (χ3n) is 5.82. The molecule has 0 aromatic heterocycles. The lowest BCUT2D eigenvalue weighted by Gasteiger charge is -2.38. The summed E-state index contributed by atoms with van der Waals surface area (Å²) in [5.41, 5.74) is -0.734. The molecule has 1 saturated heterocycles. The summed E-state index contributed by atoms with van der Waals surface area (Å²) in [5, 5.41) is 0. The molecular weight excluding hydrogens is 414 g/mol. The number of piperazine rings is 1. The molecule has 30 heavy (non-hydrogen) atoms. The van der Waals surface area contributed by atoms with Crippen molar-refractivity contribution >= 4 is 11.8 Å². The average Bonchev–Trinajstić information content (AvgIpc) is 2.72. The first-order chi connectivity index (χ1) is 14.0. The van der Waals surface area contributed by atoms with Crippen molar-refractivity contribution in [2.24, 2.45) is 11.8 Å². The molecule has 2 aliphatic rings. The van der Waals surface area contributed by atoms with Crippen LogP contribution in [-0.2, 0) is 11.0 Å². The van der Waals surface area contributed by atoms with Gasteiger partial charge in [0.05, 0.1) is 11.5 Å². The standard InChI is InChI=1S/C20H22F6N2O2/c21-19(22,23)15-6-4-13(5-7-15)17(29)27-8-10-28(11-9-27)18(30)14-2-1-3-16(12-14)20(24,25)26/h4-7,14,16H,1-3,8-12H2. The summed E-state index contributed by atoms with van der Waals surface area (Å²) < 4.78 is 76.9. The summed E-state index contributed by atoms with van der Waals surface area (Å²) >= 11 is 0. The smallest absolute Gasteiger partial charge is 0.339 e. The van der Waals surface area contributed by atoms with E-state index >= 15 is 0 Å². The van der Waals surface area contributed by atoms with Gasteiger partial charge in [-0.1, -0.05) is 6.42 Å². The fourth-order valence-corrected chi connectivity index (χ4v) is 4.08. The molecule has 3 rings (SSSR count). The van der Waals surface area contributed by atoms with Crippen LogP contribution in [0.1, 0.15) is 41.6 Å². The number of nitrogens with zero attached hydrogens (tertiary/aromatic N) is 2. The molecule has 1 aliphatic carbocycles. The normalized spacial score (nSPS) is 23.4. The van der Waals surface area contributed by atoms with E-state index in [1.165, 1.54) is 9.80 Å². The van der Waals surface area contributed by atoms with E-state index in [1.807, 2.05) is 0 Å². The number of benzene rings is 1. The van der Waals surface area contributed by atoms with Crippen LogP contribution in [0.5, 0.6) is 0 Å². The van der Waals surface area contributed by atoms with Gasteiger partial charge in [0.15, 0.2) is 0 Å². The van der Waals surface area contributed by atoms with Gasteiger partial charge in [-0.15, -0.1) is 0 Å². The van der Waals surface area contributed by atoms with Crippen LogP contribution in [0.4, 0.5) is 26.3 Å². The van der Waals surface area contributed by atoms with Crippen molar-refractivity contribution in [3.8, 4) is 0 Å². The number of carbonyl (C=O) groups is 2. The lowest BCUT2D eigenvalue weighted by atomic mass is 9.80. The van der Waals surface area contributed by atoms with Crippen LogP contribution < -0.4 is 0 Å². The Morgan fingerprint density at radius 3 is 1.93 bits per heavy atom. The molecule has 0 radical (unpaired) electrons. The highest BCUT2D eigenvalue weighted by Crippen LogP contribution is 2.40. The number of rotatable bonds is 2. The Balaban J connectivity index is 1.55. The van der Waals surface area contributed by atoms with Crippen LogP contribution in [0.3, 0.4) is 0 Å². The van der Waals surface area contributed by atoms with Gasteiger partial charge in [-0.05, 0) is 43.5 Å². The van der Waals surface area contributed by atoms with Crippen molar-refractivity contribution in [3.63, 3.8) is 0 Å². The van der Waals surface area contributed by atoms with E-state index in [9.17, 15) is 35.9 Å². The highest BCUT2D eigenvalue weighted by Gasteiger charge is 2.44. The maximum atomic E-state index is 13.0. The SMILES string of the molecule is O=C(c1ccc(C(F)(F)F)cc1)N1CCN(C(=O)C2CCCC(C(F)(F)F)C2)CC1. The molecule has 2 amide bonds. The zero-order chi connectivity index (χ0) is 22.1. The highest BCUT2D eigenvalue weighted by atomic mass is 19.4. The number of amides is 2. The molecule has 1 aromatic carbocycles. The molecule has 2 unspecified atom stereocenters. The van der Waals surface area contributed by atoms with Crippen molar-refractivity contribution in [2.45, 2.75) is 38.0 Å².